The van der Waals surface area contributed by atoms with E-state index in [1.54, 1.807) is 17.3 Å². The summed E-state index contributed by atoms with van der Waals surface area (Å²) < 4.78 is 32.1. The molecule has 7 nitrogen and oxygen atoms in total. The lowest BCUT2D eigenvalue weighted by molar-refractivity contribution is 0.0981. The van der Waals surface area contributed by atoms with Crippen LogP contribution in [0.4, 0.5) is 14.5 Å². The van der Waals surface area contributed by atoms with Crippen molar-refractivity contribution in [1.82, 2.24) is 19.7 Å². The second-order valence-electron chi connectivity index (χ2n) is 7.90. The van der Waals surface area contributed by atoms with E-state index >= 15 is 0 Å². The lowest BCUT2D eigenvalue weighted by atomic mass is 9.96. The van der Waals surface area contributed by atoms with Crippen LogP contribution >= 0.6 is 0 Å². The third-order valence-corrected chi connectivity index (χ3v) is 5.29. The predicted octanol–water partition coefficient (Wildman–Crippen LogP) is 4.21. The van der Waals surface area contributed by atoms with Gasteiger partial charge in [-0.3, -0.25) is 19.4 Å². The summed E-state index contributed by atoms with van der Waals surface area (Å²) in [5.74, 6) is 0.415. The number of aryl methyl sites for hydroxylation is 1. The minimum atomic E-state index is -2.53. The smallest absolute Gasteiger partial charge is 0.261 e. The number of carbonyl (C=O) groups excluding carboxylic acids is 1. The maximum absolute atomic E-state index is 13.3. The summed E-state index contributed by atoms with van der Waals surface area (Å²) in [4.78, 5) is 23.9. The van der Waals surface area contributed by atoms with Crippen LogP contribution in [-0.4, -0.2) is 38.7 Å². The third kappa shape index (κ3) is 3.64. The Morgan fingerprint density at radius 1 is 1.19 bits per heavy atom. The molecular weight excluding hydrogens is 404 g/mol. The topological polar surface area (TPSA) is 73.1 Å². The van der Waals surface area contributed by atoms with E-state index in [0.717, 1.165) is 15.8 Å². The first-order valence-electron chi connectivity index (χ1n) is 9.98. The highest BCUT2D eigenvalue weighted by atomic mass is 19.3. The molecule has 31 heavy (non-hydrogen) atoms. The fraction of sp³-hybridized carbons (Fsp3) is 0.364. The molecule has 9 heteroatoms. The number of fused-ring (bicyclic) bond motifs is 1. The Kier molecular flexibility index (Phi) is 5.20. The molecule has 0 unspecified atom stereocenters. The van der Waals surface area contributed by atoms with Crippen LogP contribution in [0.1, 0.15) is 42.4 Å². The Hall–Kier alpha value is -3.36. The van der Waals surface area contributed by atoms with Gasteiger partial charge in [0.05, 0.1) is 47.2 Å². The third-order valence-electron chi connectivity index (χ3n) is 5.29. The number of hydrogen-bond donors (Lipinski definition) is 0. The van der Waals surface area contributed by atoms with E-state index in [4.69, 9.17) is 9.72 Å². The lowest BCUT2D eigenvalue weighted by Gasteiger charge is -2.30. The van der Waals surface area contributed by atoms with Crippen LogP contribution in [0.25, 0.3) is 11.3 Å². The van der Waals surface area contributed by atoms with Crippen LogP contribution in [0.3, 0.4) is 0 Å². The zero-order valence-corrected chi connectivity index (χ0v) is 17.8. The van der Waals surface area contributed by atoms with E-state index in [-0.39, 0.29) is 5.91 Å². The van der Waals surface area contributed by atoms with Gasteiger partial charge in [0.25, 0.3) is 12.3 Å². The summed E-state index contributed by atoms with van der Waals surface area (Å²) in [7, 11) is 0. The average molecular weight is 427 g/mol. The zero-order chi connectivity index (χ0) is 22.3. The van der Waals surface area contributed by atoms with Crippen molar-refractivity contribution < 1.29 is 18.3 Å². The summed E-state index contributed by atoms with van der Waals surface area (Å²) >= 11 is 0. The highest BCUT2D eigenvalue weighted by Crippen LogP contribution is 2.43. The van der Waals surface area contributed by atoms with Gasteiger partial charge in [-0.05, 0) is 45.4 Å². The lowest BCUT2D eigenvalue weighted by Crippen LogP contribution is -2.39. The SMILES string of the molecule is CCOc1cncc(-c2cc(C)c3c(n2)C(C)(C)N(c2cnn(CC(F)F)c2)C3=O)c1. The maximum Gasteiger partial charge on any atom is 0.261 e. The van der Waals surface area contributed by atoms with Gasteiger partial charge in [0.15, 0.2) is 0 Å². The fourth-order valence-corrected chi connectivity index (χ4v) is 3.96. The second kappa shape index (κ2) is 7.72. The molecule has 162 valence electrons. The highest BCUT2D eigenvalue weighted by molar-refractivity contribution is 6.12. The number of nitrogens with zero attached hydrogens (tertiary/aromatic N) is 5. The Morgan fingerprint density at radius 3 is 2.68 bits per heavy atom. The minimum absolute atomic E-state index is 0.227. The van der Waals surface area contributed by atoms with Crippen molar-refractivity contribution >= 4 is 11.6 Å². The van der Waals surface area contributed by atoms with Crippen molar-refractivity contribution in [1.29, 1.82) is 0 Å². The molecule has 0 fully saturated rings. The first-order valence-corrected chi connectivity index (χ1v) is 9.98. The zero-order valence-electron chi connectivity index (χ0n) is 17.8. The van der Waals surface area contributed by atoms with Crippen molar-refractivity contribution in [3.63, 3.8) is 0 Å². The standard InChI is InChI=1S/C22H23F2N5O2/c1-5-31-16-7-14(8-25-10-16)17-6-13(2)19-20(27-17)22(3,4)29(21(19)30)15-9-26-28(11-15)12-18(23)24/h6-11,18H,5,12H2,1-4H3. The number of pyridine rings is 2. The number of halogens is 2. The van der Waals surface area contributed by atoms with Crippen molar-refractivity contribution in [3.05, 3.63) is 53.7 Å². The van der Waals surface area contributed by atoms with Crippen molar-refractivity contribution in [3.8, 4) is 17.0 Å². The molecule has 4 heterocycles. The highest BCUT2D eigenvalue weighted by Gasteiger charge is 2.47. The average Bonchev–Trinajstić information content (AvgIpc) is 3.21. The summed E-state index contributed by atoms with van der Waals surface area (Å²) in [5, 5.41) is 3.98. The summed E-state index contributed by atoms with van der Waals surface area (Å²) in [5.41, 5.74) is 3.04. The van der Waals surface area contributed by atoms with E-state index in [0.29, 0.717) is 35.0 Å². The molecule has 1 aliphatic heterocycles. The van der Waals surface area contributed by atoms with Gasteiger partial charge in [-0.15, -0.1) is 0 Å². The minimum Gasteiger partial charge on any atom is -0.492 e. The van der Waals surface area contributed by atoms with E-state index in [1.165, 1.54) is 12.4 Å². The molecule has 0 aromatic carbocycles. The van der Waals surface area contributed by atoms with Gasteiger partial charge in [-0.1, -0.05) is 0 Å². The van der Waals surface area contributed by atoms with Gasteiger partial charge in [0.2, 0.25) is 0 Å². The number of alkyl halides is 2. The Morgan fingerprint density at radius 2 is 1.97 bits per heavy atom. The van der Waals surface area contributed by atoms with Gasteiger partial charge in [0.1, 0.15) is 12.3 Å². The summed E-state index contributed by atoms with van der Waals surface area (Å²) in [6, 6.07) is 3.71. The van der Waals surface area contributed by atoms with Crippen molar-refractivity contribution in [2.75, 3.05) is 11.5 Å². The van der Waals surface area contributed by atoms with Crippen LogP contribution in [0.15, 0.2) is 36.9 Å². The normalized spacial score (nSPS) is 14.9. The van der Waals surface area contributed by atoms with Gasteiger partial charge < -0.3 is 4.74 Å². The summed E-state index contributed by atoms with van der Waals surface area (Å²) in [6.07, 6.45) is 3.70. The van der Waals surface area contributed by atoms with E-state index in [9.17, 15) is 13.6 Å². The van der Waals surface area contributed by atoms with Gasteiger partial charge >= 0.3 is 0 Å². The van der Waals surface area contributed by atoms with E-state index in [2.05, 4.69) is 10.1 Å². The second-order valence-corrected chi connectivity index (χ2v) is 7.90. The Labute approximate surface area is 178 Å². The molecule has 0 saturated carbocycles. The Balaban J connectivity index is 1.76. The molecule has 0 spiro atoms. The van der Waals surface area contributed by atoms with Crippen LogP contribution < -0.4 is 9.64 Å². The first kappa shape index (κ1) is 20.9. The van der Waals surface area contributed by atoms with E-state index in [1.807, 2.05) is 39.8 Å². The molecule has 0 bridgehead atoms. The van der Waals surface area contributed by atoms with Gasteiger partial charge in [0, 0.05) is 18.0 Å². The van der Waals surface area contributed by atoms with Crippen LogP contribution in [0.2, 0.25) is 0 Å². The number of carbonyl (C=O) groups is 1. The van der Waals surface area contributed by atoms with Gasteiger partial charge in [-0.25, -0.2) is 13.8 Å². The Bertz CT molecular complexity index is 1140. The molecule has 0 saturated heterocycles. The quantitative estimate of drug-likeness (QED) is 0.589. The molecule has 0 N–H and O–H groups in total. The molecule has 0 atom stereocenters. The van der Waals surface area contributed by atoms with Crippen molar-refractivity contribution in [2.45, 2.75) is 46.2 Å². The van der Waals surface area contributed by atoms with E-state index < -0.39 is 18.5 Å². The van der Waals surface area contributed by atoms with Crippen LogP contribution in [0.5, 0.6) is 5.75 Å². The molecule has 1 amide bonds. The number of amides is 1. The van der Waals surface area contributed by atoms with Crippen LogP contribution in [0, 0.1) is 6.92 Å². The number of ether oxygens (including phenoxy) is 1. The monoisotopic (exact) mass is 427 g/mol. The fourth-order valence-electron chi connectivity index (χ4n) is 3.96. The molecule has 1 aliphatic rings. The van der Waals surface area contributed by atoms with Crippen LogP contribution in [-0.2, 0) is 12.1 Å². The molecule has 3 aromatic heterocycles. The molecule has 4 rings (SSSR count). The maximum atomic E-state index is 13.3. The number of aromatic nitrogens is 4. The predicted molar refractivity (Wildman–Crippen MR) is 111 cm³/mol. The largest absolute Gasteiger partial charge is 0.492 e. The molecular formula is C22H23F2N5O2. The van der Waals surface area contributed by atoms with Crippen molar-refractivity contribution in [2.24, 2.45) is 0 Å². The summed E-state index contributed by atoms with van der Waals surface area (Å²) in [6.45, 7) is 7.52. The first-order chi connectivity index (χ1) is 14.7. The number of anilines is 1. The number of hydrogen-bond acceptors (Lipinski definition) is 5. The van der Waals surface area contributed by atoms with Gasteiger partial charge in [-0.2, -0.15) is 5.10 Å². The molecule has 0 aliphatic carbocycles. The number of rotatable bonds is 6. The molecule has 0 radical (unpaired) electrons. The molecule has 3 aromatic rings.